The number of hydrogen-bond donors (Lipinski definition) is 2. The predicted molar refractivity (Wildman–Crippen MR) is 112 cm³/mol. The van der Waals surface area contributed by atoms with E-state index in [-0.39, 0.29) is 17.9 Å². The number of benzene rings is 2. The lowest BCUT2D eigenvalue weighted by Crippen LogP contribution is -2.54. The molecule has 0 atom stereocenters. The van der Waals surface area contributed by atoms with E-state index in [1.807, 2.05) is 0 Å². The van der Waals surface area contributed by atoms with Gasteiger partial charge in [0.25, 0.3) is 17.7 Å². The van der Waals surface area contributed by atoms with Crippen LogP contribution in [0.3, 0.4) is 0 Å². The van der Waals surface area contributed by atoms with Gasteiger partial charge in [-0.15, -0.1) is 0 Å². The third-order valence-electron chi connectivity index (χ3n) is 3.83. The number of rotatable bonds is 5. The molecule has 0 aliphatic carbocycles. The van der Waals surface area contributed by atoms with Gasteiger partial charge in [0.15, 0.2) is 6.61 Å². The zero-order valence-corrected chi connectivity index (χ0v) is 17.8. The number of nitrogens with one attached hydrogen (secondary N) is 1. The monoisotopic (exact) mass is 521 g/mol. The van der Waals surface area contributed by atoms with Crippen LogP contribution in [-0.4, -0.2) is 30.4 Å². The first-order valence-electron chi connectivity index (χ1n) is 8.14. The molecule has 0 bridgehead atoms. The van der Waals surface area contributed by atoms with Gasteiger partial charge in [0.2, 0.25) is 0 Å². The van der Waals surface area contributed by atoms with E-state index in [1.54, 1.807) is 42.5 Å². The Hall–Kier alpha value is -2.98. The minimum absolute atomic E-state index is 0.243. The number of carbonyl (C=O) groups is 4. The number of nitrogens with two attached hydrogens (primary N) is 1. The Morgan fingerprint density at radius 3 is 2.38 bits per heavy atom. The standard InChI is InChI=1S/C19H13Br2N3O5/c20-11-1-4-13(5-2-11)24-18(27)14(17(26)23-19(24)28)8-10-7-12(21)3-6-15(10)29-9-16(22)25/h1-8H,9H2,(H2,22,25)(H,23,26,28)/b14-8+. The molecule has 0 unspecified atom stereocenters. The minimum atomic E-state index is -0.848. The highest BCUT2D eigenvalue weighted by atomic mass is 79.9. The van der Waals surface area contributed by atoms with Crippen molar-refractivity contribution in [3.05, 3.63) is 62.5 Å². The zero-order valence-electron chi connectivity index (χ0n) is 14.6. The fourth-order valence-electron chi connectivity index (χ4n) is 2.55. The molecule has 29 heavy (non-hydrogen) atoms. The Bertz CT molecular complexity index is 1050. The van der Waals surface area contributed by atoms with Gasteiger partial charge in [-0.1, -0.05) is 31.9 Å². The number of primary amides is 1. The molecule has 0 radical (unpaired) electrons. The van der Waals surface area contributed by atoms with Crippen LogP contribution in [0.2, 0.25) is 0 Å². The molecule has 2 aromatic rings. The van der Waals surface area contributed by atoms with E-state index in [0.717, 1.165) is 9.37 Å². The fraction of sp³-hybridized carbons (Fsp3) is 0.0526. The highest BCUT2D eigenvalue weighted by molar-refractivity contribution is 9.10. The number of hydrogen-bond acceptors (Lipinski definition) is 5. The summed E-state index contributed by atoms with van der Waals surface area (Å²) in [6.45, 7) is -0.374. The van der Waals surface area contributed by atoms with E-state index in [4.69, 9.17) is 10.5 Å². The van der Waals surface area contributed by atoms with E-state index >= 15 is 0 Å². The Balaban J connectivity index is 2.01. The van der Waals surface area contributed by atoms with Gasteiger partial charge < -0.3 is 10.5 Å². The molecule has 1 saturated heterocycles. The number of barbiturate groups is 1. The summed E-state index contributed by atoms with van der Waals surface area (Å²) in [6.07, 6.45) is 1.29. The molecule has 0 saturated carbocycles. The van der Waals surface area contributed by atoms with Crippen molar-refractivity contribution >= 4 is 67.4 Å². The molecule has 3 rings (SSSR count). The van der Waals surface area contributed by atoms with Crippen LogP contribution in [0.1, 0.15) is 5.56 Å². The van der Waals surface area contributed by atoms with Crippen LogP contribution in [0.4, 0.5) is 10.5 Å². The van der Waals surface area contributed by atoms with Crippen LogP contribution in [0.5, 0.6) is 5.75 Å². The topological polar surface area (TPSA) is 119 Å². The van der Waals surface area contributed by atoms with Gasteiger partial charge in [0.1, 0.15) is 11.3 Å². The van der Waals surface area contributed by atoms with E-state index in [0.29, 0.717) is 15.7 Å². The predicted octanol–water partition coefficient (Wildman–Crippen LogP) is 2.74. The normalized spacial score (nSPS) is 15.4. The van der Waals surface area contributed by atoms with Gasteiger partial charge in [-0.25, -0.2) is 9.69 Å². The van der Waals surface area contributed by atoms with E-state index in [9.17, 15) is 19.2 Å². The Morgan fingerprint density at radius 1 is 1.07 bits per heavy atom. The van der Waals surface area contributed by atoms with Crippen molar-refractivity contribution in [3.8, 4) is 5.75 Å². The molecule has 148 valence electrons. The Labute approximate surface area is 181 Å². The van der Waals surface area contributed by atoms with Crippen molar-refractivity contribution in [2.45, 2.75) is 0 Å². The van der Waals surface area contributed by atoms with E-state index < -0.39 is 23.8 Å². The largest absolute Gasteiger partial charge is 0.483 e. The average molecular weight is 523 g/mol. The molecule has 1 heterocycles. The van der Waals surface area contributed by atoms with E-state index in [1.165, 1.54) is 6.08 Å². The van der Waals surface area contributed by atoms with Crippen LogP contribution in [0, 0.1) is 0 Å². The van der Waals surface area contributed by atoms with Gasteiger partial charge in [-0.2, -0.15) is 0 Å². The quantitative estimate of drug-likeness (QED) is 0.462. The number of ether oxygens (including phenoxy) is 1. The maximum absolute atomic E-state index is 12.9. The van der Waals surface area contributed by atoms with Gasteiger partial charge in [-0.3, -0.25) is 19.7 Å². The first-order chi connectivity index (χ1) is 13.8. The lowest BCUT2D eigenvalue weighted by atomic mass is 10.1. The third-order valence-corrected chi connectivity index (χ3v) is 4.85. The van der Waals surface area contributed by atoms with Gasteiger partial charge in [-0.05, 0) is 48.5 Å². The van der Waals surface area contributed by atoms with Crippen LogP contribution in [-0.2, 0) is 14.4 Å². The first kappa shape index (κ1) is 20.7. The summed E-state index contributed by atoms with van der Waals surface area (Å²) in [5.74, 6) is -2.06. The minimum Gasteiger partial charge on any atom is -0.483 e. The maximum Gasteiger partial charge on any atom is 0.335 e. The van der Waals surface area contributed by atoms with Crippen molar-refractivity contribution in [1.82, 2.24) is 5.32 Å². The third kappa shape index (κ3) is 4.72. The lowest BCUT2D eigenvalue weighted by molar-refractivity contribution is -0.123. The molecule has 8 nitrogen and oxygen atoms in total. The summed E-state index contributed by atoms with van der Waals surface area (Å²) in [4.78, 5) is 49.4. The molecule has 3 N–H and O–H groups in total. The number of amides is 5. The van der Waals surface area contributed by atoms with Gasteiger partial charge in [0.05, 0.1) is 5.69 Å². The summed E-state index contributed by atoms with van der Waals surface area (Å²) in [5, 5.41) is 2.15. The Kier molecular flexibility index (Phi) is 6.14. The molecule has 1 aliphatic heterocycles. The van der Waals surface area contributed by atoms with Crippen molar-refractivity contribution in [3.63, 3.8) is 0 Å². The van der Waals surface area contributed by atoms with Gasteiger partial charge in [0, 0.05) is 14.5 Å². The van der Waals surface area contributed by atoms with Crippen molar-refractivity contribution < 1.29 is 23.9 Å². The Morgan fingerprint density at radius 2 is 1.72 bits per heavy atom. The summed E-state index contributed by atoms with van der Waals surface area (Å²) in [7, 11) is 0. The molecule has 0 spiro atoms. The number of carbonyl (C=O) groups excluding carboxylic acids is 4. The summed E-state index contributed by atoms with van der Waals surface area (Å²) >= 11 is 6.59. The molecule has 1 aliphatic rings. The summed E-state index contributed by atoms with van der Waals surface area (Å²) in [5.41, 5.74) is 5.48. The second-order valence-corrected chi connectivity index (χ2v) is 7.70. The van der Waals surface area contributed by atoms with Crippen molar-refractivity contribution in [2.24, 2.45) is 5.73 Å². The number of nitrogens with zero attached hydrogens (tertiary/aromatic N) is 1. The molecule has 2 aromatic carbocycles. The first-order valence-corrected chi connectivity index (χ1v) is 9.72. The number of urea groups is 1. The SMILES string of the molecule is NC(=O)COc1ccc(Br)cc1/C=C1\C(=O)NC(=O)N(c2ccc(Br)cc2)C1=O. The van der Waals surface area contributed by atoms with Crippen LogP contribution < -0.4 is 20.7 Å². The smallest absolute Gasteiger partial charge is 0.335 e. The van der Waals surface area contributed by atoms with Crippen LogP contribution >= 0.6 is 31.9 Å². The molecule has 1 fully saturated rings. The van der Waals surface area contributed by atoms with Crippen molar-refractivity contribution in [2.75, 3.05) is 11.5 Å². The molecular formula is C19H13Br2N3O5. The second kappa shape index (κ2) is 8.58. The number of imide groups is 2. The van der Waals surface area contributed by atoms with Gasteiger partial charge >= 0.3 is 6.03 Å². The molecule has 0 aromatic heterocycles. The summed E-state index contributed by atoms with van der Waals surface area (Å²) in [6, 6.07) is 10.4. The lowest BCUT2D eigenvalue weighted by Gasteiger charge is -2.26. The molecule has 10 heteroatoms. The van der Waals surface area contributed by atoms with Crippen molar-refractivity contribution in [1.29, 1.82) is 0 Å². The van der Waals surface area contributed by atoms with Crippen LogP contribution in [0.15, 0.2) is 57.0 Å². The zero-order chi connectivity index (χ0) is 21.1. The number of halogens is 2. The number of anilines is 1. The fourth-order valence-corrected chi connectivity index (χ4v) is 3.19. The highest BCUT2D eigenvalue weighted by Gasteiger charge is 2.37. The highest BCUT2D eigenvalue weighted by Crippen LogP contribution is 2.28. The second-order valence-electron chi connectivity index (χ2n) is 5.87. The molecule has 5 amide bonds. The molecular weight excluding hydrogens is 510 g/mol. The average Bonchev–Trinajstić information content (AvgIpc) is 2.65. The maximum atomic E-state index is 12.9. The summed E-state index contributed by atoms with van der Waals surface area (Å²) < 4.78 is 6.76. The van der Waals surface area contributed by atoms with E-state index in [2.05, 4.69) is 37.2 Å². The van der Waals surface area contributed by atoms with Crippen LogP contribution in [0.25, 0.3) is 6.08 Å².